The largest absolute Gasteiger partial charge is 0.366 e. The second kappa shape index (κ2) is 6.72. The number of carbonyl (C=O) groups excluding carboxylic acids is 1. The smallest absolute Gasteiger partial charge is 0.248 e. The molecule has 3 N–H and O–H groups in total. The Balaban J connectivity index is 2.63. The second-order valence-electron chi connectivity index (χ2n) is 3.75. The van der Waals surface area contributed by atoms with Crippen molar-refractivity contribution in [3.8, 4) is 0 Å². The van der Waals surface area contributed by atoms with Gasteiger partial charge in [-0.05, 0) is 24.1 Å². The van der Waals surface area contributed by atoms with Crippen LogP contribution in [0, 0.1) is 0 Å². The standard InChI is InChI=1S/C11H15ClN2O3S/c12-5-2-6-18(16,17)14-8-9-3-1-4-10(7-9)11(13)15/h1,3-4,7,14H,2,5-6,8H2,(H2,13,15). The van der Waals surface area contributed by atoms with Gasteiger partial charge in [-0.15, -0.1) is 11.6 Å². The summed E-state index contributed by atoms with van der Waals surface area (Å²) in [6.07, 6.45) is 0.401. The van der Waals surface area contributed by atoms with E-state index in [4.69, 9.17) is 17.3 Å². The molecular formula is C11H15ClN2O3S. The lowest BCUT2D eigenvalue weighted by Crippen LogP contribution is -2.26. The molecule has 7 heteroatoms. The molecule has 0 heterocycles. The van der Waals surface area contributed by atoms with Crippen molar-refractivity contribution in [2.75, 3.05) is 11.6 Å². The Kier molecular flexibility index (Phi) is 5.58. The van der Waals surface area contributed by atoms with Gasteiger partial charge in [0, 0.05) is 18.0 Å². The van der Waals surface area contributed by atoms with Crippen LogP contribution in [-0.2, 0) is 16.6 Å². The molecule has 0 fully saturated rings. The Morgan fingerprint density at radius 1 is 1.39 bits per heavy atom. The van der Waals surface area contributed by atoms with E-state index in [0.29, 0.717) is 23.4 Å². The zero-order valence-corrected chi connectivity index (χ0v) is 11.3. The van der Waals surface area contributed by atoms with Crippen molar-refractivity contribution in [1.29, 1.82) is 0 Å². The molecule has 5 nitrogen and oxygen atoms in total. The average Bonchev–Trinajstić information content (AvgIpc) is 2.34. The SMILES string of the molecule is NC(=O)c1cccc(CNS(=O)(=O)CCCCl)c1. The first-order valence-electron chi connectivity index (χ1n) is 5.36. The molecule has 1 rings (SSSR count). The van der Waals surface area contributed by atoms with Gasteiger partial charge in [-0.1, -0.05) is 12.1 Å². The monoisotopic (exact) mass is 290 g/mol. The van der Waals surface area contributed by atoms with Gasteiger partial charge in [0.2, 0.25) is 15.9 Å². The summed E-state index contributed by atoms with van der Waals surface area (Å²) < 4.78 is 25.5. The van der Waals surface area contributed by atoms with Gasteiger partial charge in [0.05, 0.1) is 5.75 Å². The van der Waals surface area contributed by atoms with Crippen LogP contribution >= 0.6 is 11.6 Å². The van der Waals surface area contributed by atoms with Crippen LogP contribution in [-0.4, -0.2) is 26.0 Å². The number of rotatable bonds is 7. The van der Waals surface area contributed by atoms with Crippen LogP contribution in [0.5, 0.6) is 0 Å². The number of nitrogens with two attached hydrogens (primary N) is 1. The molecule has 0 aliphatic rings. The number of sulfonamides is 1. The van der Waals surface area contributed by atoms with Crippen molar-refractivity contribution >= 4 is 27.5 Å². The number of primary amides is 1. The summed E-state index contributed by atoms with van der Waals surface area (Å²) in [6, 6.07) is 6.51. The third-order valence-corrected chi connectivity index (χ3v) is 3.93. The molecule has 1 amide bonds. The zero-order chi connectivity index (χ0) is 13.6. The van der Waals surface area contributed by atoms with Crippen molar-refractivity contribution in [3.63, 3.8) is 0 Å². The van der Waals surface area contributed by atoms with Crippen LogP contribution in [0.4, 0.5) is 0 Å². The molecule has 0 unspecified atom stereocenters. The summed E-state index contributed by atoms with van der Waals surface area (Å²) in [5, 5.41) is 0. The minimum Gasteiger partial charge on any atom is -0.366 e. The first kappa shape index (κ1) is 14.9. The molecule has 0 aromatic heterocycles. The van der Waals surface area contributed by atoms with Crippen molar-refractivity contribution in [1.82, 2.24) is 4.72 Å². The maximum absolute atomic E-state index is 11.5. The van der Waals surface area contributed by atoms with Crippen molar-refractivity contribution < 1.29 is 13.2 Å². The topological polar surface area (TPSA) is 89.3 Å². The Morgan fingerprint density at radius 3 is 2.72 bits per heavy atom. The zero-order valence-electron chi connectivity index (χ0n) is 9.73. The molecule has 0 saturated heterocycles. The van der Waals surface area contributed by atoms with E-state index in [-0.39, 0.29) is 12.3 Å². The van der Waals surface area contributed by atoms with Gasteiger partial charge >= 0.3 is 0 Å². The Morgan fingerprint density at radius 2 is 2.11 bits per heavy atom. The summed E-state index contributed by atoms with van der Waals surface area (Å²) in [5.74, 6) is -0.244. The summed E-state index contributed by atoms with van der Waals surface area (Å²) >= 11 is 5.44. The summed E-state index contributed by atoms with van der Waals surface area (Å²) in [7, 11) is -3.33. The highest BCUT2D eigenvalue weighted by Gasteiger charge is 2.09. The normalized spacial score (nSPS) is 11.4. The number of nitrogens with one attached hydrogen (secondary N) is 1. The molecule has 0 bridgehead atoms. The van der Waals surface area contributed by atoms with Gasteiger partial charge in [-0.3, -0.25) is 4.79 Å². The fraction of sp³-hybridized carbons (Fsp3) is 0.364. The molecule has 0 radical (unpaired) electrons. The second-order valence-corrected chi connectivity index (χ2v) is 6.05. The molecule has 0 saturated carbocycles. The summed E-state index contributed by atoms with van der Waals surface area (Å²) in [4.78, 5) is 11.0. The van der Waals surface area contributed by atoms with Gasteiger partial charge in [0.15, 0.2) is 0 Å². The van der Waals surface area contributed by atoms with Crippen LogP contribution < -0.4 is 10.5 Å². The predicted octanol–water partition coefficient (Wildman–Crippen LogP) is 0.834. The number of benzene rings is 1. The third kappa shape index (κ3) is 5.03. The van der Waals surface area contributed by atoms with Gasteiger partial charge in [-0.25, -0.2) is 13.1 Å². The van der Waals surface area contributed by atoms with E-state index in [9.17, 15) is 13.2 Å². The van der Waals surface area contributed by atoms with Crippen LogP contribution in [0.15, 0.2) is 24.3 Å². The van der Waals surface area contributed by atoms with Crippen molar-refractivity contribution in [2.24, 2.45) is 5.73 Å². The average molecular weight is 291 g/mol. The lowest BCUT2D eigenvalue weighted by atomic mass is 10.1. The van der Waals surface area contributed by atoms with Gasteiger partial charge in [0.1, 0.15) is 0 Å². The van der Waals surface area contributed by atoms with E-state index in [2.05, 4.69) is 4.72 Å². The van der Waals surface area contributed by atoms with Crippen LogP contribution in [0.2, 0.25) is 0 Å². The van der Waals surface area contributed by atoms with Crippen molar-refractivity contribution in [2.45, 2.75) is 13.0 Å². The Bertz CT molecular complexity index is 517. The van der Waals surface area contributed by atoms with Gasteiger partial charge < -0.3 is 5.73 Å². The maximum Gasteiger partial charge on any atom is 0.248 e. The van der Waals surface area contributed by atoms with E-state index < -0.39 is 15.9 Å². The lowest BCUT2D eigenvalue weighted by molar-refractivity contribution is 0.1000. The molecule has 0 atom stereocenters. The van der Waals surface area contributed by atoms with E-state index >= 15 is 0 Å². The minimum absolute atomic E-state index is 0.00793. The third-order valence-electron chi connectivity index (χ3n) is 2.25. The maximum atomic E-state index is 11.5. The van der Waals surface area contributed by atoms with Gasteiger partial charge in [-0.2, -0.15) is 0 Å². The number of amides is 1. The molecule has 1 aromatic carbocycles. The summed E-state index contributed by atoms with van der Waals surface area (Å²) in [6.45, 7) is 0.131. The van der Waals surface area contributed by atoms with E-state index in [1.54, 1.807) is 24.3 Å². The number of carbonyl (C=O) groups is 1. The summed E-state index contributed by atoms with van der Waals surface area (Å²) in [5.41, 5.74) is 6.17. The molecular weight excluding hydrogens is 276 g/mol. The molecule has 0 aliphatic heterocycles. The van der Waals surface area contributed by atoms with Crippen LogP contribution in [0.1, 0.15) is 22.3 Å². The number of hydrogen-bond acceptors (Lipinski definition) is 3. The first-order valence-corrected chi connectivity index (χ1v) is 7.55. The van der Waals surface area contributed by atoms with Gasteiger partial charge in [0.25, 0.3) is 0 Å². The minimum atomic E-state index is -3.33. The van der Waals surface area contributed by atoms with E-state index in [0.717, 1.165) is 0 Å². The molecule has 18 heavy (non-hydrogen) atoms. The van der Waals surface area contributed by atoms with Crippen molar-refractivity contribution in [3.05, 3.63) is 35.4 Å². The number of hydrogen-bond donors (Lipinski definition) is 2. The number of alkyl halides is 1. The quantitative estimate of drug-likeness (QED) is 0.729. The fourth-order valence-electron chi connectivity index (χ4n) is 1.34. The van der Waals surface area contributed by atoms with Crippen LogP contribution in [0.25, 0.3) is 0 Å². The molecule has 100 valence electrons. The predicted molar refractivity (Wildman–Crippen MR) is 70.9 cm³/mol. The highest BCUT2D eigenvalue weighted by molar-refractivity contribution is 7.89. The highest BCUT2D eigenvalue weighted by Crippen LogP contribution is 2.05. The molecule has 0 aliphatic carbocycles. The molecule has 0 spiro atoms. The first-order chi connectivity index (χ1) is 8.44. The lowest BCUT2D eigenvalue weighted by Gasteiger charge is -2.06. The van der Waals surface area contributed by atoms with Crippen LogP contribution in [0.3, 0.4) is 0 Å². The Hall–Kier alpha value is -1.11. The van der Waals surface area contributed by atoms with E-state index in [1.807, 2.05) is 0 Å². The fourth-order valence-corrected chi connectivity index (χ4v) is 2.69. The number of halogens is 1. The Labute approximate surface area is 111 Å². The molecule has 1 aromatic rings. The van der Waals surface area contributed by atoms with E-state index in [1.165, 1.54) is 0 Å². The highest BCUT2D eigenvalue weighted by atomic mass is 35.5.